The van der Waals surface area contributed by atoms with E-state index in [0.29, 0.717) is 34.6 Å². The van der Waals surface area contributed by atoms with Crippen molar-refractivity contribution in [2.24, 2.45) is 0 Å². The lowest BCUT2D eigenvalue weighted by Gasteiger charge is -2.35. The Labute approximate surface area is 225 Å². The Morgan fingerprint density at radius 2 is 1.78 bits per heavy atom. The fourth-order valence-electron chi connectivity index (χ4n) is 5.44. The van der Waals surface area contributed by atoms with Crippen LogP contribution in [0.1, 0.15) is 42.0 Å². The Bertz CT molecular complexity index is 1560. The minimum Gasteiger partial charge on any atom is -0.493 e. The summed E-state index contributed by atoms with van der Waals surface area (Å²) < 4.78 is 11.8. The molecule has 0 bridgehead atoms. The molecule has 6 rings (SSSR count). The summed E-state index contributed by atoms with van der Waals surface area (Å²) in [6, 6.07) is 23.5. The van der Waals surface area contributed by atoms with Gasteiger partial charge in [-0.3, -0.25) is 4.79 Å². The maximum atomic E-state index is 13.4. The van der Waals surface area contributed by atoms with E-state index in [1.165, 1.54) is 5.39 Å². The van der Waals surface area contributed by atoms with Crippen molar-refractivity contribution in [2.45, 2.75) is 31.9 Å². The van der Waals surface area contributed by atoms with Crippen LogP contribution in [0.3, 0.4) is 0 Å². The summed E-state index contributed by atoms with van der Waals surface area (Å²) in [7, 11) is 1.59. The molecule has 1 aliphatic carbocycles. The molecule has 6 heteroatoms. The molecule has 37 heavy (non-hydrogen) atoms. The topological polar surface area (TPSA) is 47.6 Å². The van der Waals surface area contributed by atoms with Crippen molar-refractivity contribution in [3.05, 3.63) is 105 Å². The number of nitrogens with one attached hydrogen (secondary N) is 1. The highest BCUT2D eigenvalue weighted by Crippen LogP contribution is 2.49. The summed E-state index contributed by atoms with van der Waals surface area (Å²) in [5, 5.41) is 7.08. The largest absolute Gasteiger partial charge is 0.493 e. The zero-order valence-electron chi connectivity index (χ0n) is 20.3. The molecule has 0 amide bonds. The lowest BCUT2D eigenvalue weighted by atomic mass is 9.77. The summed E-state index contributed by atoms with van der Waals surface area (Å²) >= 11 is 12.8. The third kappa shape index (κ3) is 4.35. The molecule has 4 aromatic rings. The molecule has 0 saturated heterocycles. The number of fused-ring (bicyclic) bond motifs is 4. The quantitative estimate of drug-likeness (QED) is 0.282. The van der Waals surface area contributed by atoms with E-state index in [1.807, 2.05) is 48.5 Å². The van der Waals surface area contributed by atoms with Gasteiger partial charge in [0.25, 0.3) is 0 Å². The average molecular weight is 530 g/mol. The van der Waals surface area contributed by atoms with Gasteiger partial charge in [0, 0.05) is 28.3 Å². The number of rotatable bonds is 5. The van der Waals surface area contributed by atoms with E-state index in [0.717, 1.165) is 51.8 Å². The van der Waals surface area contributed by atoms with Gasteiger partial charge in [-0.15, -0.1) is 0 Å². The van der Waals surface area contributed by atoms with Gasteiger partial charge in [0.05, 0.1) is 18.2 Å². The zero-order valence-corrected chi connectivity index (χ0v) is 21.8. The second kappa shape index (κ2) is 9.77. The lowest BCUT2D eigenvalue weighted by molar-refractivity contribution is -0.116. The number of hydrogen-bond donors (Lipinski definition) is 1. The first-order chi connectivity index (χ1) is 18.0. The van der Waals surface area contributed by atoms with E-state index < -0.39 is 0 Å². The monoisotopic (exact) mass is 529 g/mol. The number of ketones is 1. The highest BCUT2D eigenvalue weighted by molar-refractivity contribution is 6.32. The van der Waals surface area contributed by atoms with Crippen LogP contribution in [-0.4, -0.2) is 12.9 Å². The van der Waals surface area contributed by atoms with Crippen LogP contribution in [0.4, 0.5) is 5.69 Å². The number of benzene rings is 4. The number of methoxy groups -OCH3 is 1. The van der Waals surface area contributed by atoms with Gasteiger partial charge >= 0.3 is 0 Å². The molecule has 1 aliphatic heterocycles. The first-order valence-corrected chi connectivity index (χ1v) is 13.1. The summed E-state index contributed by atoms with van der Waals surface area (Å²) in [5.41, 5.74) is 5.94. The van der Waals surface area contributed by atoms with Gasteiger partial charge in [-0.25, -0.2) is 0 Å². The SMILES string of the molecule is COc1cc([C@H]2Nc3ccc4ccccc4c3C3=C2C(=O)CCC3)cc(Cl)c1OCc1ccc(Cl)cc1. The molecule has 1 N–H and O–H groups in total. The number of carbonyl (C=O) groups excluding carboxylic acids is 1. The average Bonchev–Trinajstić information content (AvgIpc) is 2.92. The van der Waals surface area contributed by atoms with E-state index in [9.17, 15) is 4.79 Å². The van der Waals surface area contributed by atoms with Crippen molar-refractivity contribution in [1.82, 2.24) is 0 Å². The van der Waals surface area contributed by atoms with Crippen LogP contribution in [-0.2, 0) is 11.4 Å². The Kier molecular flexibility index (Phi) is 6.31. The van der Waals surface area contributed by atoms with Gasteiger partial charge in [-0.05, 0) is 70.6 Å². The summed E-state index contributed by atoms with van der Waals surface area (Å²) in [4.78, 5) is 13.4. The molecule has 1 heterocycles. The van der Waals surface area contributed by atoms with Gasteiger partial charge in [-0.1, -0.05) is 65.7 Å². The molecule has 4 aromatic carbocycles. The van der Waals surface area contributed by atoms with Crippen molar-refractivity contribution in [1.29, 1.82) is 0 Å². The fraction of sp³-hybridized carbons (Fsp3) is 0.194. The fourth-order valence-corrected chi connectivity index (χ4v) is 5.84. The number of halogens is 2. The number of anilines is 1. The normalized spacial score (nSPS) is 16.7. The van der Waals surface area contributed by atoms with Crippen molar-refractivity contribution in [2.75, 3.05) is 12.4 Å². The molecule has 1 atom stereocenters. The Hall–Kier alpha value is -3.47. The van der Waals surface area contributed by atoms with Crippen molar-refractivity contribution < 1.29 is 14.3 Å². The lowest BCUT2D eigenvalue weighted by Crippen LogP contribution is -2.27. The maximum Gasteiger partial charge on any atom is 0.180 e. The molecule has 0 saturated carbocycles. The zero-order chi connectivity index (χ0) is 25.5. The van der Waals surface area contributed by atoms with E-state index in [1.54, 1.807) is 7.11 Å². The summed E-state index contributed by atoms with van der Waals surface area (Å²) in [6.45, 7) is 0.322. The first kappa shape index (κ1) is 23.9. The van der Waals surface area contributed by atoms with Crippen LogP contribution < -0.4 is 14.8 Å². The second-order valence-electron chi connectivity index (χ2n) is 9.40. The predicted octanol–water partition coefficient (Wildman–Crippen LogP) is 8.41. The number of Topliss-reactive ketones (excluding diaryl/α,β-unsaturated/α-hetero) is 1. The molecule has 2 aliphatic rings. The molecule has 186 valence electrons. The van der Waals surface area contributed by atoms with Gasteiger partial charge in [0.2, 0.25) is 0 Å². The van der Waals surface area contributed by atoms with Gasteiger partial charge in [0.15, 0.2) is 17.3 Å². The minimum absolute atomic E-state index is 0.176. The van der Waals surface area contributed by atoms with E-state index in [2.05, 4.69) is 29.6 Å². The minimum atomic E-state index is -0.326. The second-order valence-corrected chi connectivity index (χ2v) is 10.2. The van der Waals surface area contributed by atoms with Gasteiger partial charge < -0.3 is 14.8 Å². The van der Waals surface area contributed by atoms with Crippen LogP contribution in [0.2, 0.25) is 10.0 Å². The molecule has 4 nitrogen and oxygen atoms in total. The smallest absolute Gasteiger partial charge is 0.180 e. The van der Waals surface area contributed by atoms with E-state index in [-0.39, 0.29) is 11.8 Å². The van der Waals surface area contributed by atoms with Crippen LogP contribution in [0, 0.1) is 0 Å². The molecule has 0 radical (unpaired) electrons. The van der Waals surface area contributed by atoms with Crippen molar-refractivity contribution in [3.63, 3.8) is 0 Å². The summed E-state index contributed by atoms with van der Waals surface area (Å²) in [6.07, 6.45) is 2.27. The molecule has 0 fully saturated rings. The van der Waals surface area contributed by atoms with Crippen LogP contribution in [0.5, 0.6) is 11.5 Å². The Morgan fingerprint density at radius 1 is 0.973 bits per heavy atom. The van der Waals surface area contributed by atoms with Gasteiger partial charge in [-0.2, -0.15) is 0 Å². The maximum absolute atomic E-state index is 13.4. The highest BCUT2D eigenvalue weighted by Gasteiger charge is 2.35. The molecule has 0 aromatic heterocycles. The molecular weight excluding hydrogens is 505 g/mol. The highest BCUT2D eigenvalue weighted by atomic mass is 35.5. The third-order valence-electron chi connectivity index (χ3n) is 7.16. The first-order valence-electron chi connectivity index (χ1n) is 12.3. The van der Waals surface area contributed by atoms with Gasteiger partial charge in [0.1, 0.15) is 6.61 Å². The number of carbonyl (C=O) groups is 1. The van der Waals surface area contributed by atoms with E-state index in [4.69, 9.17) is 32.7 Å². The Morgan fingerprint density at radius 3 is 2.59 bits per heavy atom. The number of allylic oxidation sites excluding steroid dienone is 1. The van der Waals surface area contributed by atoms with Crippen LogP contribution in [0.25, 0.3) is 16.3 Å². The number of hydrogen-bond acceptors (Lipinski definition) is 4. The van der Waals surface area contributed by atoms with Crippen LogP contribution in [0.15, 0.2) is 78.4 Å². The van der Waals surface area contributed by atoms with Crippen LogP contribution >= 0.6 is 23.2 Å². The third-order valence-corrected chi connectivity index (χ3v) is 7.69. The predicted molar refractivity (Wildman–Crippen MR) is 150 cm³/mol. The Balaban J connectivity index is 1.41. The van der Waals surface area contributed by atoms with Crippen molar-refractivity contribution in [3.8, 4) is 11.5 Å². The van der Waals surface area contributed by atoms with E-state index >= 15 is 0 Å². The molecular formula is C31H25Cl2NO3. The molecule has 0 spiro atoms. The molecule has 0 unspecified atom stereocenters. The summed E-state index contributed by atoms with van der Waals surface area (Å²) in [5.74, 6) is 1.16. The standard InChI is InChI=1S/C31H25Cl2NO3/c1-36-27-16-20(15-24(33)31(27)37-17-18-9-12-21(32)13-10-18)30-29-23(7-4-8-26(29)35)28-22-6-3-2-5-19(22)11-14-25(28)34-30/h2-3,5-6,9-16,30,34H,4,7-8,17H2,1H3/t30-/m1/s1. The van der Waals surface area contributed by atoms with Crippen molar-refractivity contribution >= 4 is 51.0 Å². The number of ether oxygens (including phenoxy) is 2.